The molecule has 3 nitrogen and oxygen atoms in total. The van der Waals surface area contributed by atoms with Crippen molar-refractivity contribution in [2.45, 2.75) is 13.3 Å². The van der Waals surface area contributed by atoms with Gasteiger partial charge >= 0.3 is 0 Å². The highest BCUT2D eigenvalue weighted by atomic mass is 35.5. The van der Waals surface area contributed by atoms with Crippen molar-refractivity contribution >= 4 is 23.5 Å². The number of halogens is 1. The summed E-state index contributed by atoms with van der Waals surface area (Å²) in [4.78, 5) is 15.2. The molecule has 14 heavy (non-hydrogen) atoms. The van der Waals surface area contributed by atoms with E-state index in [4.69, 9.17) is 11.6 Å². The van der Waals surface area contributed by atoms with Crippen molar-refractivity contribution in [2.24, 2.45) is 0 Å². The Morgan fingerprint density at radius 2 is 2.36 bits per heavy atom. The lowest BCUT2D eigenvalue weighted by Gasteiger charge is -1.95. The summed E-state index contributed by atoms with van der Waals surface area (Å²) in [6.45, 7) is 1.97. The summed E-state index contributed by atoms with van der Waals surface area (Å²) in [5.41, 5.74) is 2.15. The maximum atomic E-state index is 10.9. The van der Waals surface area contributed by atoms with Gasteiger partial charge in [0.1, 0.15) is 11.3 Å². The van der Waals surface area contributed by atoms with Crippen LogP contribution in [0.2, 0.25) is 5.02 Å². The number of carbonyl (C=O) groups excluding carboxylic acids is 1. The zero-order chi connectivity index (χ0) is 10.1. The van der Waals surface area contributed by atoms with Gasteiger partial charge in [0.25, 0.3) is 0 Å². The largest absolute Gasteiger partial charge is 0.296 e. The molecule has 0 aliphatic carbocycles. The van der Waals surface area contributed by atoms with Crippen LogP contribution in [0.3, 0.4) is 0 Å². The summed E-state index contributed by atoms with van der Waals surface area (Å²) in [5.74, 6) is 0. The van der Waals surface area contributed by atoms with E-state index in [0.717, 1.165) is 24.0 Å². The zero-order valence-electron chi connectivity index (χ0n) is 7.70. The molecule has 0 saturated heterocycles. The van der Waals surface area contributed by atoms with Gasteiger partial charge in [-0.3, -0.25) is 9.20 Å². The minimum absolute atomic E-state index is 0.588. The number of fused-ring (bicyclic) bond motifs is 1. The van der Waals surface area contributed by atoms with Gasteiger partial charge < -0.3 is 0 Å². The van der Waals surface area contributed by atoms with Crippen LogP contribution in [0.25, 0.3) is 5.65 Å². The Bertz CT molecular complexity index is 490. The van der Waals surface area contributed by atoms with Gasteiger partial charge in [0.15, 0.2) is 6.29 Å². The van der Waals surface area contributed by atoms with Crippen LogP contribution in [0.4, 0.5) is 0 Å². The lowest BCUT2D eigenvalue weighted by molar-refractivity contribution is 0.111. The third-order valence-electron chi connectivity index (χ3n) is 2.14. The fourth-order valence-electron chi connectivity index (χ4n) is 1.47. The molecule has 0 N–H and O–H groups in total. The van der Waals surface area contributed by atoms with Crippen LogP contribution in [0, 0.1) is 0 Å². The van der Waals surface area contributed by atoms with E-state index in [2.05, 4.69) is 4.98 Å². The molecule has 0 atom stereocenters. The number of rotatable bonds is 2. The number of aryl methyl sites for hydroxylation is 1. The summed E-state index contributed by atoms with van der Waals surface area (Å²) >= 11 is 5.84. The van der Waals surface area contributed by atoms with Gasteiger partial charge in [-0.2, -0.15) is 0 Å². The van der Waals surface area contributed by atoms with E-state index in [1.807, 2.05) is 6.92 Å². The molecule has 0 radical (unpaired) electrons. The topological polar surface area (TPSA) is 34.4 Å². The third-order valence-corrected chi connectivity index (χ3v) is 2.37. The van der Waals surface area contributed by atoms with Crippen molar-refractivity contribution in [3.05, 3.63) is 34.7 Å². The van der Waals surface area contributed by atoms with E-state index in [-0.39, 0.29) is 0 Å². The normalized spacial score (nSPS) is 10.7. The molecule has 0 aromatic carbocycles. The van der Waals surface area contributed by atoms with Crippen LogP contribution in [0.1, 0.15) is 23.1 Å². The fraction of sp³-hybridized carbons (Fsp3) is 0.200. The first kappa shape index (κ1) is 9.21. The van der Waals surface area contributed by atoms with Gasteiger partial charge in [-0.15, -0.1) is 0 Å². The van der Waals surface area contributed by atoms with Gasteiger partial charge in [0.05, 0.1) is 10.7 Å². The SMILES string of the molecule is CCc1nc2ccc(Cl)cn2c1C=O. The Morgan fingerprint density at radius 3 is 3.00 bits per heavy atom. The fourth-order valence-corrected chi connectivity index (χ4v) is 1.63. The number of imidazole rings is 1. The first-order valence-corrected chi connectivity index (χ1v) is 4.75. The highest BCUT2D eigenvalue weighted by Crippen LogP contribution is 2.15. The van der Waals surface area contributed by atoms with Gasteiger partial charge in [-0.05, 0) is 18.6 Å². The molecule has 2 heterocycles. The summed E-state index contributed by atoms with van der Waals surface area (Å²) in [6, 6.07) is 3.56. The second-order valence-corrected chi connectivity index (χ2v) is 3.43. The number of aldehydes is 1. The van der Waals surface area contributed by atoms with E-state index in [1.54, 1.807) is 22.7 Å². The highest BCUT2D eigenvalue weighted by molar-refractivity contribution is 6.30. The van der Waals surface area contributed by atoms with E-state index in [1.165, 1.54) is 0 Å². The molecule has 0 saturated carbocycles. The number of hydrogen-bond acceptors (Lipinski definition) is 2. The molecule has 2 rings (SSSR count). The summed E-state index contributed by atoms with van der Waals surface area (Å²) in [7, 11) is 0. The van der Waals surface area contributed by atoms with Crippen molar-refractivity contribution in [2.75, 3.05) is 0 Å². The van der Waals surface area contributed by atoms with Crippen molar-refractivity contribution < 1.29 is 4.79 Å². The number of pyridine rings is 1. The van der Waals surface area contributed by atoms with E-state index in [0.29, 0.717) is 10.7 Å². The average Bonchev–Trinajstić information content (AvgIpc) is 2.54. The first-order chi connectivity index (χ1) is 6.76. The summed E-state index contributed by atoms with van der Waals surface area (Å²) in [6.07, 6.45) is 3.26. The van der Waals surface area contributed by atoms with Gasteiger partial charge in [-0.25, -0.2) is 4.98 Å². The Morgan fingerprint density at radius 1 is 1.57 bits per heavy atom. The number of carbonyl (C=O) groups is 1. The Hall–Kier alpha value is -1.35. The van der Waals surface area contributed by atoms with E-state index < -0.39 is 0 Å². The second kappa shape index (κ2) is 3.42. The molecular weight excluding hydrogens is 200 g/mol. The average molecular weight is 209 g/mol. The number of hydrogen-bond donors (Lipinski definition) is 0. The lowest BCUT2D eigenvalue weighted by atomic mass is 10.3. The highest BCUT2D eigenvalue weighted by Gasteiger charge is 2.09. The van der Waals surface area contributed by atoms with Crippen LogP contribution >= 0.6 is 11.6 Å². The minimum atomic E-state index is 0.588. The molecule has 2 aromatic heterocycles. The molecule has 0 fully saturated rings. The molecule has 0 bridgehead atoms. The summed E-state index contributed by atoms with van der Waals surface area (Å²) < 4.78 is 1.72. The standard InChI is InChI=1S/C10H9ClN2O/c1-2-8-9(6-14)13-5-7(11)3-4-10(13)12-8/h3-6H,2H2,1H3. The van der Waals surface area contributed by atoms with Crippen LogP contribution in [-0.2, 0) is 6.42 Å². The molecule has 0 spiro atoms. The Labute approximate surface area is 86.3 Å². The Kier molecular flexibility index (Phi) is 2.25. The quantitative estimate of drug-likeness (QED) is 0.711. The maximum absolute atomic E-state index is 10.9. The molecule has 0 aliphatic heterocycles. The number of nitrogens with zero attached hydrogens (tertiary/aromatic N) is 2. The summed E-state index contributed by atoms with van der Waals surface area (Å²) in [5, 5.41) is 0.598. The molecule has 0 aliphatic rings. The van der Waals surface area contributed by atoms with Gasteiger partial charge in [0, 0.05) is 6.20 Å². The smallest absolute Gasteiger partial charge is 0.168 e. The maximum Gasteiger partial charge on any atom is 0.168 e. The van der Waals surface area contributed by atoms with Crippen LogP contribution in [0.5, 0.6) is 0 Å². The molecular formula is C10H9ClN2O. The zero-order valence-corrected chi connectivity index (χ0v) is 8.45. The van der Waals surface area contributed by atoms with Gasteiger partial charge in [0.2, 0.25) is 0 Å². The van der Waals surface area contributed by atoms with Crippen LogP contribution in [-0.4, -0.2) is 15.7 Å². The molecule has 2 aromatic rings. The lowest BCUT2D eigenvalue weighted by Crippen LogP contribution is -1.93. The predicted octanol–water partition coefficient (Wildman–Crippen LogP) is 2.36. The molecule has 72 valence electrons. The van der Waals surface area contributed by atoms with Crippen molar-refractivity contribution in [3.8, 4) is 0 Å². The predicted molar refractivity (Wildman–Crippen MR) is 55.0 cm³/mol. The van der Waals surface area contributed by atoms with Crippen molar-refractivity contribution in [1.82, 2.24) is 9.38 Å². The van der Waals surface area contributed by atoms with Crippen LogP contribution in [0.15, 0.2) is 18.3 Å². The Balaban J connectivity index is 2.81. The van der Waals surface area contributed by atoms with E-state index in [9.17, 15) is 4.79 Å². The second-order valence-electron chi connectivity index (χ2n) is 2.99. The van der Waals surface area contributed by atoms with Crippen LogP contribution < -0.4 is 0 Å². The minimum Gasteiger partial charge on any atom is -0.296 e. The van der Waals surface area contributed by atoms with Crippen molar-refractivity contribution in [1.29, 1.82) is 0 Å². The third kappa shape index (κ3) is 1.30. The molecule has 0 amide bonds. The molecule has 4 heteroatoms. The monoisotopic (exact) mass is 208 g/mol. The van der Waals surface area contributed by atoms with E-state index >= 15 is 0 Å². The van der Waals surface area contributed by atoms with Crippen molar-refractivity contribution in [3.63, 3.8) is 0 Å². The molecule has 0 unspecified atom stereocenters. The van der Waals surface area contributed by atoms with Gasteiger partial charge in [-0.1, -0.05) is 18.5 Å². The first-order valence-electron chi connectivity index (χ1n) is 4.38. The number of aromatic nitrogens is 2.